The monoisotopic (exact) mass is 353 g/mol. The first-order valence-corrected chi connectivity index (χ1v) is 8.69. The van der Waals surface area contributed by atoms with E-state index in [2.05, 4.69) is 9.97 Å². The van der Waals surface area contributed by atoms with Gasteiger partial charge in [0.05, 0.1) is 18.7 Å². The van der Waals surface area contributed by atoms with Gasteiger partial charge in [0.25, 0.3) is 0 Å². The summed E-state index contributed by atoms with van der Waals surface area (Å²) in [7, 11) is -3.94. The zero-order valence-electron chi connectivity index (χ0n) is 12.8. The molecule has 0 N–H and O–H groups in total. The Morgan fingerprint density at radius 2 is 1.91 bits per heavy atom. The van der Waals surface area contributed by atoms with E-state index in [-0.39, 0.29) is 19.1 Å². The zero-order chi connectivity index (χ0) is 17.3. The molecule has 0 unspecified atom stereocenters. The second-order valence-electron chi connectivity index (χ2n) is 5.50. The Morgan fingerprint density at radius 3 is 2.48 bits per heavy atom. The molecule has 0 radical (unpaired) electrons. The summed E-state index contributed by atoms with van der Waals surface area (Å²) in [6, 6.07) is 1.93. The van der Waals surface area contributed by atoms with E-state index >= 15 is 0 Å². The topological polar surface area (TPSA) is 72.4 Å². The van der Waals surface area contributed by atoms with Crippen molar-refractivity contribution in [2.24, 2.45) is 0 Å². The maximum atomic E-state index is 12.2. The third-order valence-corrected chi connectivity index (χ3v) is 5.22. The van der Waals surface area contributed by atoms with E-state index in [0.717, 1.165) is 15.7 Å². The summed E-state index contributed by atoms with van der Waals surface area (Å²) in [6.45, 7) is 3.71. The molecule has 10 heteroatoms. The molecule has 23 heavy (non-hydrogen) atoms. The third-order valence-electron chi connectivity index (χ3n) is 3.38. The first-order valence-electron chi connectivity index (χ1n) is 7.09. The average Bonchev–Trinajstić information content (AvgIpc) is 2.84. The van der Waals surface area contributed by atoms with Gasteiger partial charge in [-0.2, -0.15) is 17.5 Å². The molecule has 1 atom stereocenters. The van der Waals surface area contributed by atoms with Gasteiger partial charge in [-0.15, -0.1) is 0 Å². The molecule has 0 aliphatic carbocycles. The van der Waals surface area contributed by atoms with E-state index in [1.165, 1.54) is 0 Å². The van der Waals surface area contributed by atoms with Gasteiger partial charge in [0, 0.05) is 17.9 Å². The van der Waals surface area contributed by atoms with E-state index < -0.39 is 34.5 Å². The minimum absolute atomic E-state index is 0.0105. The Balaban J connectivity index is 1.95. The summed E-state index contributed by atoms with van der Waals surface area (Å²) in [5.41, 5.74) is 1.44. The van der Waals surface area contributed by atoms with Crippen molar-refractivity contribution in [1.29, 1.82) is 0 Å². The van der Waals surface area contributed by atoms with E-state index in [1.54, 1.807) is 19.9 Å². The first kappa shape index (κ1) is 17.9. The van der Waals surface area contributed by atoms with E-state index in [1.807, 2.05) is 0 Å². The Labute approximate surface area is 132 Å². The number of aryl methyl sites for hydroxylation is 2. The number of hydrogen-bond acceptors (Lipinski definition) is 5. The van der Waals surface area contributed by atoms with Crippen molar-refractivity contribution in [3.63, 3.8) is 0 Å². The maximum Gasteiger partial charge on any atom is 0.390 e. The Morgan fingerprint density at radius 1 is 1.30 bits per heavy atom. The van der Waals surface area contributed by atoms with Gasteiger partial charge in [-0.25, -0.2) is 18.4 Å². The molecule has 0 saturated carbocycles. The van der Waals surface area contributed by atoms with Crippen LogP contribution in [-0.2, 0) is 10.0 Å². The normalized spacial score (nSPS) is 20.0. The molecule has 1 aliphatic heterocycles. The molecule has 1 fully saturated rings. The van der Waals surface area contributed by atoms with Crippen molar-refractivity contribution in [3.8, 4) is 6.01 Å². The highest BCUT2D eigenvalue weighted by Crippen LogP contribution is 2.24. The number of ether oxygens (including phenoxy) is 1. The number of halogens is 3. The Bertz CT molecular complexity index is 644. The van der Waals surface area contributed by atoms with Crippen molar-refractivity contribution in [1.82, 2.24) is 14.3 Å². The highest BCUT2D eigenvalue weighted by molar-refractivity contribution is 7.89. The molecule has 0 spiro atoms. The van der Waals surface area contributed by atoms with Crippen LogP contribution in [0.15, 0.2) is 6.07 Å². The van der Waals surface area contributed by atoms with Crippen molar-refractivity contribution < 1.29 is 26.3 Å². The van der Waals surface area contributed by atoms with E-state index in [0.29, 0.717) is 6.42 Å². The average molecular weight is 353 g/mol. The number of aromatic nitrogens is 2. The van der Waals surface area contributed by atoms with Crippen LogP contribution >= 0.6 is 0 Å². The standard InChI is InChI=1S/C13H18F3N3O3S/c1-9-7-10(2)18-12(17-9)22-11-3-5-19(8-11)23(20,21)6-4-13(14,15)16/h7,11H,3-6,8H2,1-2H3/t11-/m0/s1. The predicted octanol–water partition coefficient (Wildman–Crippen LogP) is 1.83. The summed E-state index contributed by atoms with van der Waals surface area (Å²) in [4.78, 5) is 8.21. The number of rotatable bonds is 5. The fourth-order valence-corrected chi connectivity index (χ4v) is 3.84. The van der Waals surface area contributed by atoms with Gasteiger partial charge in [-0.3, -0.25) is 0 Å². The van der Waals surface area contributed by atoms with Gasteiger partial charge in [0.15, 0.2) is 0 Å². The molecule has 1 saturated heterocycles. The third kappa shape index (κ3) is 5.31. The molecule has 6 nitrogen and oxygen atoms in total. The lowest BCUT2D eigenvalue weighted by atomic mass is 10.3. The van der Waals surface area contributed by atoms with E-state index in [4.69, 9.17) is 4.74 Å². The highest BCUT2D eigenvalue weighted by Gasteiger charge is 2.36. The fraction of sp³-hybridized carbons (Fsp3) is 0.692. The van der Waals surface area contributed by atoms with Gasteiger partial charge >= 0.3 is 12.2 Å². The van der Waals surface area contributed by atoms with Crippen LogP contribution in [0.5, 0.6) is 6.01 Å². The van der Waals surface area contributed by atoms with Crippen LogP contribution in [0.25, 0.3) is 0 Å². The van der Waals surface area contributed by atoms with Crippen molar-refractivity contribution in [2.45, 2.75) is 39.0 Å². The number of alkyl halides is 3. The second kappa shape index (κ2) is 6.60. The van der Waals surface area contributed by atoms with Crippen LogP contribution in [0.4, 0.5) is 13.2 Å². The molecular formula is C13H18F3N3O3S. The Hall–Kier alpha value is -1.42. The summed E-state index contributed by atoms with van der Waals surface area (Å²) in [5.74, 6) is -0.941. The van der Waals surface area contributed by atoms with Crippen LogP contribution in [-0.4, -0.2) is 53.8 Å². The Kier molecular flexibility index (Phi) is 5.14. The van der Waals surface area contributed by atoms with Crippen molar-refractivity contribution >= 4 is 10.0 Å². The number of hydrogen-bond donors (Lipinski definition) is 0. The van der Waals surface area contributed by atoms with Crippen LogP contribution in [0.3, 0.4) is 0 Å². The van der Waals surface area contributed by atoms with Gasteiger partial charge in [-0.1, -0.05) is 0 Å². The zero-order valence-corrected chi connectivity index (χ0v) is 13.6. The molecule has 0 amide bonds. The van der Waals surface area contributed by atoms with E-state index in [9.17, 15) is 21.6 Å². The largest absolute Gasteiger partial charge is 0.459 e. The van der Waals surface area contributed by atoms with Crippen molar-refractivity contribution in [3.05, 3.63) is 17.5 Å². The number of sulfonamides is 1. The minimum Gasteiger partial charge on any atom is -0.459 e. The molecule has 2 rings (SSSR count). The van der Waals surface area contributed by atoms with Gasteiger partial charge in [-0.05, 0) is 26.3 Å². The fourth-order valence-electron chi connectivity index (χ4n) is 2.32. The van der Waals surface area contributed by atoms with Crippen LogP contribution < -0.4 is 4.74 Å². The molecule has 1 aliphatic rings. The summed E-state index contributed by atoms with van der Waals surface area (Å²) >= 11 is 0. The lowest BCUT2D eigenvalue weighted by Gasteiger charge is -2.17. The molecule has 130 valence electrons. The second-order valence-corrected chi connectivity index (χ2v) is 7.59. The van der Waals surface area contributed by atoms with Crippen LogP contribution in [0.1, 0.15) is 24.2 Å². The van der Waals surface area contributed by atoms with Crippen molar-refractivity contribution in [2.75, 3.05) is 18.8 Å². The molecule has 0 bridgehead atoms. The summed E-state index contributed by atoms with van der Waals surface area (Å²) in [6.07, 6.45) is -5.91. The molecule has 1 aromatic heterocycles. The summed E-state index contributed by atoms with van der Waals surface area (Å²) in [5, 5.41) is 0. The number of nitrogens with zero attached hydrogens (tertiary/aromatic N) is 3. The quantitative estimate of drug-likeness (QED) is 0.808. The maximum absolute atomic E-state index is 12.2. The highest BCUT2D eigenvalue weighted by atomic mass is 32.2. The predicted molar refractivity (Wildman–Crippen MR) is 76.6 cm³/mol. The van der Waals surface area contributed by atoms with Gasteiger partial charge < -0.3 is 4.74 Å². The van der Waals surface area contributed by atoms with Crippen LogP contribution in [0, 0.1) is 13.8 Å². The molecule has 2 heterocycles. The SMILES string of the molecule is Cc1cc(C)nc(O[C@H]2CCN(S(=O)(=O)CCC(F)(F)F)C2)n1. The molecule has 1 aromatic rings. The minimum atomic E-state index is -4.49. The van der Waals surface area contributed by atoms with Gasteiger partial charge in [0.1, 0.15) is 6.10 Å². The first-order chi connectivity index (χ1) is 10.5. The molecule has 0 aromatic carbocycles. The lowest BCUT2D eigenvalue weighted by Crippen LogP contribution is -2.34. The van der Waals surface area contributed by atoms with Crippen LogP contribution in [0.2, 0.25) is 0 Å². The summed E-state index contributed by atoms with van der Waals surface area (Å²) < 4.78 is 67.0. The molecular weight excluding hydrogens is 335 g/mol. The lowest BCUT2D eigenvalue weighted by molar-refractivity contribution is -0.130. The smallest absolute Gasteiger partial charge is 0.390 e. The van der Waals surface area contributed by atoms with Gasteiger partial charge in [0.2, 0.25) is 10.0 Å².